The highest BCUT2D eigenvalue weighted by molar-refractivity contribution is 7.16. The Hall–Kier alpha value is -1.45. The molecule has 2 aliphatic rings. The molecule has 3 unspecified atom stereocenters. The molecule has 1 N–H and O–H groups in total. The van der Waals surface area contributed by atoms with Crippen molar-refractivity contribution in [1.29, 1.82) is 5.26 Å². The van der Waals surface area contributed by atoms with Gasteiger partial charge in [-0.2, -0.15) is 5.26 Å². The van der Waals surface area contributed by atoms with Gasteiger partial charge < -0.3 is 10.1 Å². The highest BCUT2D eigenvalue weighted by Gasteiger charge is 2.46. The molecule has 25 heavy (non-hydrogen) atoms. The Labute approximate surface area is 155 Å². The maximum atomic E-state index is 13.9. The second kappa shape index (κ2) is 6.37. The lowest BCUT2D eigenvalue weighted by molar-refractivity contribution is -0.0954. The van der Waals surface area contributed by atoms with E-state index in [1.165, 1.54) is 22.6 Å². The lowest BCUT2D eigenvalue weighted by Gasteiger charge is -2.46. The number of hydrogen-bond acceptors (Lipinski definition) is 4. The molecule has 0 amide bonds. The van der Waals surface area contributed by atoms with Crippen LogP contribution < -0.4 is 5.32 Å². The van der Waals surface area contributed by atoms with E-state index in [0.29, 0.717) is 18.6 Å². The van der Waals surface area contributed by atoms with E-state index in [-0.39, 0.29) is 23.5 Å². The minimum atomic E-state index is -0.389. The van der Waals surface area contributed by atoms with Crippen LogP contribution >= 0.6 is 22.9 Å². The second-order valence-corrected chi connectivity index (χ2v) is 8.59. The van der Waals surface area contributed by atoms with Crippen LogP contribution in [-0.2, 0) is 16.8 Å². The van der Waals surface area contributed by atoms with Crippen molar-refractivity contribution in [2.24, 2.45) is 0 Å². The van der Waals surface area contributed by atoms with Crippen LogP contribution in [0, 0.1) is 17.1 Å². The summed E-state index contributed by atoms with van der Waals surface area (Å²) in [5.74, 6) is -0.382. The molecule has 2 aromatic rings. The summed E-state index contributed by atoms with van der Waals surface area (Å²) in [6.45, 7) is 2.79. The maximum Gasteiger partial charge on any atom is 0.124 e. The molecule has 1 spiro atoms. The van der Waals surface area contributed by atoms with Crippen LogP contribution in [0.2, 0.25) is 4.34 Å². The van der Waals surface area contributed by atoms with E-state index in [1.54, 1.807) is 17.4 Å². The SMILES string of the molecule is CC1CC2(CC(c3cc(F)cc(C#N)c3)N1)OCCc1cc(Cl)sc12. The Kier molecular flexibility index (Phi) is 4.33. The van der Waals surface area contributed by atoms with Crippen molar-refractivity contribution in [1.82, 2.24) is 5.32 Å². The first kappa shape index (κ1) is 17.0. The second-order valence-electron chi connectivity index (χ2n) is 6.91. The number of nitrogens with one attached hydrogen (secondary N) is 1. The van der Waals surface area contributed by atoms with Crippen molar-refractivity contribution >= 4 is 22.9 Å². The van der Waals surface area contributed by atoms with Crippen LogP contribution in [0.1, 0.15) is 47.4 Å². The van der Waals surface area contributed by atoms with E-state index in [1.807, 2.05) is 12.1 Å². The van der Waals surface area contributed by atoms with Gasteiger partial charge in [0.1, 0.15) is 11.4 Å². The molecule has 3 atom stereocenters. The minimum absolute atomic E-state index is 0.0709. The molecule has 0 bridgehead atoms. The number of nitriles is 1. The van der Waals surface area contributed by atoms with Gasteiger partial charge in [-0.3, -0.25) is 0 Å². The average Bonchev–Trinajstić information content (AvgIpc) is 2.96. The van der Waals surface area contributed by atoms with E-state index in [2.05, 4.69) is 12.2 Å². The lowest BCUT2D eigenvalue weighted by atomic mass is 9.78. The molecule has 0 saturated carbocycles. The van der Waals surface area contributed by atoms with Crippen molar-refractivity contribution in [3.05, 3.63) is 56.0 Å². The fraction of sp³-hybridized carbons (Fsp3) is 0.421. The van der Waals surface area contributed by atoms with Crippen molar-refractivity contribution in [2.75, 3.05) is 6.61 Å². The number of hydrogen-bond donors (Lipinski definition) is 1. The largest absolute Gasteiger partial charge is 0.369 e. The monoisotopic (exact) mass is 376 g/mol. The Balaban J connectivity index is 1.74. The number of benzene rings is 1. The highest BCUT2D eigenvalue weighted by Crippen LogP contribution is 2.50. The zero-order valence-electron chi connectivity index (χ0n) is 13.8. The Morgan fingerprint density at radius 1 is 1.36 bits per heavy atom. The summed E-state index contributed by atoms with van der Waals surface area (Å²) in [4.78, 5) is 1.21. The first-order valence-electron chi connectivity index (χ1n) is 8.38. The standard InChI is InChI=1S/C19H18ClFN2OS/c1-11-8-19(18-13(2-3-24-19)7-17(20)25-18)9-16(23-11)14-4-12(10-22)5-15(21)6-14/h4-7,11,16,23H,2-3,8-9H2,1H3. The van der Waals surface area contributed by atoms with Crippen LogP contribution in [-0.4, -0.2) is 12.6 Å². The van der Waals surface area contributed by atoms with Crippen LogP contribution in [0.15, 0.2) is 24.3 Å². The molecule has 6 heteroatoms. The third-order valence-corrected chi connectivity index (χ3v) is 6.54. The van der Waals surface area contributed by atoms with Gasteiger partial charge >= 0.3 is 0 Å². The fourth-order valence-electron chi connectivity index (χ4n) is 4.15. The molecule has 1 aromatic heterocycles. The van der Waals surface area contributed by atoms with Gasteiger partial charge in [0.2, 0.25) is 0 Å². The first-order valence-corrected chi connectivity index (χ1v) is 9.58. The van der Waals surface area contributed by atoms with Gasteiger partial charge in [-0.05, 0) is 55.2 Å². The van der Waals surface area contributed by atoms with E-state index in [9.17, 15) is 4.39 Å². The van der Waals surface area contributed by atoms with Gasteiger partial charge in [-0.1, -0.05) is 11.6 Å². The number of nitrogens with zero attached hydrogens (tertiary/aromatic N) is 1. The molecular formula is C19H18ClFN2OS. The average molecular weight is 377 g/mol. The molecule has 3 heterocycles. The Morgan fingerprint density at radius 3 is 3.00 bits per heavy atom. The molecule has 2 aliphatic heterocycles. The van der Waals surface area contributed by atoms with Crippen molar-refractivity contribution in [3.8, 4) is 6.07 Å². The normalized spacial score (nSPS) is 28.6. The number of rotatable bonds is 1. The van der Waals surface area contributed by atoms with Crippen LogP contribution in [0.25, 0.3) is 0 Å². The number of piperidine rings is 1. The molecule has 130 valence electrons. The highest BCUT2D eigenvalue weighted by atomic mass is 35.5. The molecule has 1 aromatic carbocycles. The van der Waals surface area contributed by atoms with E-state index in [4.69, 9.17) is 21.6 Å². The summed E-state index contributed by atoms with van der Waals surface area (Å²) in [5.41, 5.74) is 2.01. The summed E-state index contributed by atoms with van der Waals surface area (Å²) in [6, 6.07) is 8.75. The summed E-state index contributed by atoms with van der Waals surface area (Å²) < 4.78 is 21.0. The molecule has 4 rings (SSSR count). The summed E-state index contributed by atoms with van der Waals surface area (Å²) >= 11 is 7.86. The topological polar surface area (TPSA) is 45.0 Å². The van der Waals surface area contributed by atoms with Crippen LogP contribution in [0.5, 0.6) is 0 Å². The number of fused-ring (bicyclic) bond motifs is 2. The quantitative estimate of drug-likeness (QED) is 0.785. The summed E-state index contributed by atoms with van der Waals surface area (Å²) in [7, 11) is 0. The third-order valence-electron chi connectivity index (χ3n) is 5.05. The molecular weight excluding hydrogens is 359 g/mol. The minimum Gasteiger partial charge on any atom is -0.369 e. The molecule has 1 saturated heterocycles. The Morgan fingerprint density at radius 2 is 2.20 bits per heavy atom. The first-order chi connectivity index (χ1) is 12.0. The van der Waals surface area contributed by atoms with Gasteiger partial charge in [0.05, 0.1) is 22.6 Å². The zero-order chi connectivity index (χ0) is 17.6. The van der Waals surface area contributed by atoms with Crippen LogP contribution in [0.3, 0.4) is 0 Å². The fourth-order valence-corrected chi connectivity index (χ4v) is 5.62. The maximum absolute atomic E-state index is 13.9. The predicted molar refractivity (Wildman–Crippen MR) is 96.4 cm³/mol. The molecule has 0 aliphatic carbocycles. The number of ether oxygens (including phenoxy) is 1. The smallest absolute Gasteiger partial charge is 0.124 e. The summed E-state index contributed by atoms with van der Waals surface area (Å²) in [5, 5.41) is 12.7. The molecule has 0 radical (unpaired) electrons. The van der Waals surface area contributed by atoms with Gasteiger partial charge in [-0.15, -0.1) is 11.3 Å². The summed E-state index contributed by atoms with van der Waals surface area (Å²) in [6.07, 6.45) is 2.44. The van der Waals surface area contributed by atoms with Crippen molar-refractivity contribution in [2.45, 2.75) is 43.9 Å². The molecule has 1 fully saturated rings. The lowest BCUT2D eigenvalue weighted by Crippen LogP contribution is -2.49. The van der Waals surface area contributed by atoms with Crippen LogP contribution in [0.4, 0.5) is 4.39 Å². The van der Waals surface area contributed by atoms with E-state index < -0.39 is 0 Å². The Bertz CT molecular complexity index is 862. The number of thiophene rings is 1. The number of halogens is 2. The van der Waals surface area contributed by atoms with Gasteiger partial charge in [0.15, 0.2) is 0 Å². The van der Waals surface area contributed by atoms with E-state index in [0.717, 1.165) is 22.7 Å². The van der Waals surface area contributed by atoms with Gasteiger partial charge in [0.25, 0.3) is 0 Å². The predicted octanol–water partition coefficient (Wildman–Crippen LogP) is 4.69. The van der Waals surface area contributed by atoms with Gasteiger partial charge in [-0.25, -0.2) is 4.39 Å². The zero-order valence-corrected chi connectivity index (χ0v) is 15.4. The molecule has 3 nitrogen and oxygen atoms in total. The van der Waals surface area contributed by atoms with Crippen molar-refractivity contribution < 1.29 is 9.13 Å². The van der Waals surface area contributed by atoms with E-state index >= 15 is 0 Å². The van der Waals surface area contributed by atoms with Crippen molar-refractivity contribution in [3.63, 3.8) is 0 Å². The van der Waals surface area contributed by atoms with Gasteiger partial charge in [0, 0.05) is 23.4 Å². The third kappa shape index (κ3) is 3.09.